The molecule has 1 fully saturated rings. The molecule has 0 aromatic heterocycles. The standard InChI is InChI=1S/C14H17FO2/c1-10-4-2-7-12(13(10)15)14(16)17-9-8-11-5-3-6-11/h2,4,7,11H,3,5-6,8-9H2,1H3. The third-order valence-electron chi connectivity index (χ3n) is 3.40. The second-order valence-corrected chi connectivity index (χ2v) is 4.66. The second kappa shape index (κ2) is 5.30. The molecule has 0 spiro atoms. The minimum absolute atomic E-state index is 0.0404. The number of aryl methyl sites for hydroxylation is 1. The van der Waals surface area contributed by atoms with E-state index < -0.39 is 11.8 Å². The number of hydrogen-bond donors (Lipinski definition) is 0. The third-order valence-corrected chi connectivity index (χ3v) is 3.40. The summed E-state index contributed by atoms with van der Waals surface area (Å²) in [7, 11) is 0. The maximum absolute atomic E-state index is 13.6. The van der Waals surface area contributed by atoms with Crippen LogP contribution >= 0.6 is 0 Å². The number of hydrogen-bond acceptors (Lipinski definition) is 2. The molecule has 0 unspecified atom stereocenters. The van der Waals surface area contributed by atoms with Crippen molar-refractivity contribution in [3.63, 3.8) is 0 Å². The van der Waals surface area contributed by atoms with E-state index in [1.54, 1.807) is 19.1 Å². The molecule has 3 heteroatoms. The fourth-order valence-electron chi connectivity index (χ4n) is 1.98. The van der Waals surface area contributed by atoms with Crippen LogP contribution in [0.5, 0.6) is 0 Å². The van der Waals surface area contributed by atoms with Crippen molar-refractivity contribution in [2.24, 2.45) is 5.92 Å². The molecule has 0 atom stereocenters. The normalized spacial score (nSPS) is 15.4. The van der Waals surface area contributed by atoms with Gasteiger partial charge in [-0.25, -0.2) is 9.18 Å². The van der Waals surface area contributed by atoms with Crippen molar-refractivity contribution in [1.82, 2.24) is 0 Å². The summed E-state index contributed by atoms with van der Waals surface area (Å²) in [6.07, 6.45) is 4.65. The Kier molecular flexibility index (Phi) is 3.77. The first kappa shape index (κ1) is 12.1. The van der Waals surface area contributed by atoms with E-state index in [0.29, 0.717) is 18.1 Å². The number of carbonyl (C=O) groups is 1. The molecule has 0 amide bonds. The van der Waals surface area contributed by atoms with Crippen molar-refractivity contribution < 1.29 is 13.9 Å². The second-order valence-electron chi connectivity index (χ2n) is 4.66. The molecule has 0 heterocycles. The van der Waals surface area contributed by atoms with Crippen LogP contribution in [0, 0.1) is 18.7 Å². The van der Waals surface area contributed by atoms with Gasteiger partial charge in [0.15, 0.2) is 0 Å². The van der Waals surface area contributed by atoms with E-state index in [4.69, 9.17) is 4.74 Å². The quantitative estimate of drug-likeness (QED) is 0.748. The van der Waals surface area contributed by atoms with Crippen molar-refractivity contribution in [3.8, 4) is 0 Å². The van der Waals surface area contributed by atoms with Crippen molar-refractivity contribution in [2.45, 2.75) is 32.6 Å². The fourth-order valence-corrected chi connectivity index (χ4v) is 1.98. The van der Waals surface area contributed by atoms with Crippen LogP contribution in [0.2, 0.25) is 0 Å². The Labute approximate surface area is 101 Å². The summed E-state index contributed by atoms with van der Waals surface area (Å²) in [5.74, 6) is -0.322. The van der Waals surface area contributed by atoms with Crippen LogP contribution in [-0.2, 0) is 4.74 Å². The van der Waals surface area contributed by atoms with Gasteiger partial charge in [0.25, 0.3) is 0 Å². The molecule has 17 heavy (non-hydrogen) atoms. The summed E-state index contributed by atoms with van der Waals surface area (Å²) in [6, 6.07) is 4.77. The van der Waals surface area contributed by atoms with Gasteiger partial charge >= 0.3 is 5.97 Å². The van der Waals surface area contributed by atoms with Crippen LogP contribution in [0.3, 0.4) is 0 Å². The average Bonchev–Trinajstić information content (AvgIpc) is 2.25. The Bertz CT molecular complexity index is 411. The van der Waals surface area contributed by atoms with Gasteiger partial charge in [-0.2, -0.15) is 0 Å². The van der Waals surface area contributed by atoms with E-state index in [0.717, 1.165) is 6.42 Å². The average molecular weight is 236 g/mol. The van der Waals surface area contributed by atoms with Crippen molar-refractivity contribution in [2.75, 3.05) is 6.61 Å². The Hall–Kier alpha value is -1.38. The van der Waals surface area contributed by atoms with Crippen LogP contribution in [0.25, 0.3) is 0 Å². The molecule has 1 aliphatic rings. The number of rotatable bonds is 4. The van der Waals surface area contributed by atoms with E-state index in [2.05, 4.69) is 0 Å². The highest BCUT2D eigenvalue weighted by atomic mass is 19.1. The number of benzene rings is 1. The predicted molar refractivity (Wildman–Crippen MR) is 63.4 cm³/mol. The molecule has 92 valence electrons. The summed E-state index contributed by atoms with van der Waals surface area (Å²) in [4.78, 5) is 11.6. The maximum Gasteiger partial charge on any atom is 0.341 e. The van der Waals surface area contributed by atoms with Crippen LogP contribution in [0.4, 0.5) is 4.39 Å². The molecule has 0 aliphatic heterocycles. The number of esters is 1. The molecule has 0 saturated heterocycles. The van der Waals surface area contributed by atoms with Gasteiger partial charge in [0.1, 0.15) is 5.82 Å². The number of halogens is 1. The van der Waals surface area contributed by atoms with Gasteiger partial charge in [-0.1, -0.05) is 31.4 Å². The Morgan fingerprint density at radius 1 is 1.47 bits per heavy atom. The first-order valence-corrected chi connectivity index (χ1v) is 6.10. The topological polar surface area (TPSA) is 26.3 Å². The third kappa shape index (κ3) is 2.84. The lowest BCUT2D eigenvalue weighted by molar-refractivity contribution is 0.0459. The van der Waals surface area contributed by atoms with Gasteiger partial charge in [-0.15, -0.1) is 0 Å². The zero-order valence-corrected chi connectivity index (χ0v) is 10.0. The molecule has 2 nitrogen and oxygen atoms in total. The molecule has 0 radical (unpaired) electrons. The van der Waals surface area contributed by atoms with Gasteiger partial charge in [-0.05, 0) is 30.9 Å². The van der Waals surface area contributed by atoms with Gasteiger partial charge < -0.3 is 4.74 Å². The molecule has 2 rings (SSSR count). The zero-order valence-electron chi connectivity index (χ0n) is 10.0. The van der Waals surface area contributed by atoms with E-state index >= 15 is 0 Å². The Balaban J connectivity index is 1.87. The summed E-state index contributed by atoms with van der Waals surface area (Å²) in [6.45, 7) is 2.04. The SMILES string of the molecule is Cc1cccc(C(=O)OCCC2CCC2)c1F. The molecule has 1 aromatic rings. The predicted octanol–water partition coefficient (Wildman–Crippen LogP) is 3.48. The highest BCUT2D eigenvalue weighted by Crippen LogP contribution is 2.29. The molecule has 0 bridgehead atoms. The zero-order chi connectivity index (χ0) is 12.3. The fraction of sp³-hybridized carbons (Fsp3) is 0.500. The first-order chi connectivity index (χ1) is 8.18. The Morgan fingerprint density at radius 2 is 2.24 bits per heavy atom. The highest BCUT2D eigenvalue weighted by molar-refractivity contribution is 5.89. The largest absolute Gasteiger partial charge is 0.462 e. The molecular formula is C14H17FO2. The van der Waals surface area contributed by atoms with Gasteiger partial charge in [0.05, 0.1) is 12.2 Å². The van der Waals surface area contributed by atoms with E-state index in [1.807, 2.05) is 0 Å². The van der Waals surface area contributed by atoms with Gasteiger partial charge in [-0.3, -0.25) is 0 Å². The Morgan fingerprint density at radius 3 is 2.88 bits per heavy atom. The van der Waals surface area contributed by atoms with E-state index in [1.165, 1.54) is 25.3 Å². The van der Waals surface area contributed by atoms with Crippen molar-refractivity contribution in [1.29, 1.82) is 0 Å². The van der Waals surface area contributed by atoms with Crippen LogP contribution in [-0.4, -0.2) is 12.6 Å². The van der Waals surface area contributed by atoms with E-state index in [-0.39, 0.29) is 5.56 Å². The molecule has 0 N–H and O–H groups in total. The van der Waals surface area contributed by atoms with Crippen molar-refractivity contribution in [3.05, 3.63) is 35.1 Å². The lowest BCUT2D eigenvalue weighted by Gasteiger charge is -2.24. The molecular weight excluding hydrogens is 219 g/mol. The molecule has 1 aromatic carbocycles. The summed E-state index contributed by atoms with van der Waals surface area (Å²) >= 11 is 0. The summed E-state index contributed by atoms with van der Waals surface area (Å²) in [5, 5.41) is 0. The van der Waals surface area contributed by atoms with Crippen LogP contribution in [0.15, 0.2) is 18.2 Å². The van der Waals surface area contributed by atoms with Crippen LogP contribution < -0.4 is 0 Å². The summed E-state index contributed by atoms with van der Waals surface area (Å²) < 4.78 is 18.7. The first-order valence-electron chi connectivity index (χ1n) is 6.10. The van der Waals surface area contributed by atoms with Gasteiger partial charge in [0, 0.05) is 0 Å². The minimum Gasteiger partial charge on any atom is -0.462 e. The lowest BCUT2D eigenvalue weighted by atomic mass is 9.83. The smallest absolute Gasteiger partial charge is 0.341 e. The number of ether oxygens (including phenoxy) is 1. The molecule has 1 aliphatic carbocycles. The van der Waals surface area contributed by atoms with E-state index in [9.17, 15) is 9.18 Å². The highest BCUT2D eigenvalue weighted by Gasteiger charge is 2.19. The number of carbonyl (C=O) groups excluding carboxylic acids is 1. The molecule has 1 saturated carbocycles. The van der Waals surface area contributed by atoms with Crippen molar-refractivity contribution >= 4 is 5.97 Å². The van der Waals surface area contributed by atoms with Gasteiger partial charge in [0.2, 0.25) is 0 Å². The lowest BCUT2D eigenvalue weighted by Crippen LogP contribution is -2.16. The van der Waals surface area contributed by atoms with Crippen LogP contribution in [0.1, 0.15) is 41.6 Å². The summed E-state index contributed by atoms with van der Waals surface area (Å²) in [5.41, 5.74) is 0.511. The minimum atomic E-state index is -0.550. The monoisotopic (exact) mass is 236 g/mol. The maximum atomic E-state index is 13.6.